The van der Waals surface area contributed by atoms with Gasteiger partial charge in [-0.05, 0) is 31.4 Å². The van der Waals surface area contributed by atoms with Crippen molar-refractivity contribution in [2.75, 3.05) is 5.32 Å². The minimum absolute atomic E-state index is 0.00123. The van der Waals surface area contributed by atoms with E-state index < -0.39 is 5.41 Å². The SMILES string of the molecule is CC1(C(=O)Nc2cc(Cl)nc(Cl)n2)CCCC1N. The number of aromatic nitrogens is 2. The third kappa shape index (κ3) is 2.58. The van der Waals surface area contributed by atoms with E-state index in [-0.39, 0.29) is 22.4 Å². The molecule has 0 aliphatic heterocycles. The largest absolute Gasteiger partial charge is 0.327 e. The Morgan fingerprint density at radius 3 is 2.83 bits per heavy atom. The van der Waals surface area contributed by atoms with Crippen LogP contribution in [0.3, 0.4) is 0 Å². The van der Waals surface area contributed by atoms with E-state index >= 15 is 0 Å². The first-order chi connectivity index (χ1) is 8.41. The van der Waals surface area contributed by atoms with Crippen molar-refractivity contribution in [3.8, 4) is 0 Å². The lowest BCUT2D eigenvalue weighted by molar-refractivity contribution is -0.125. The molecule has 98 valence electrons. The van der Waals surface area contributed by atoms with Crippen LogP contribution in [-0.2, 0) is 4.79 Å². The van der Waals surface area contributed by atoms with Crippen molar-refractivity contribution in [3.63, 3.8) is 0 Å². The molecular formula is C11H14Cl2N4O. The molecular weight excluding hydrogens is 275 g/mol. The molecule has 0 saturated heterocycles. The number of halogens is 2. The van der Waals surface area contributed by atoms with Crippen molar-refractivity contribution in [1.29, 1.82) is 0 Å². The molecule has 2 unspecified atom stereocenters. The smallest absolute Gasteiger partial charge is 0.233 e. The minimum Gasteiger partial charge on any atom is -0.327 e. The maximum atomic E-state index is 12.2. The van der Waals surface area contributed by atoms with E-state index in [1.807, 2.05) is 6.92 Å². The van der Waals surface area contributed by atoms with Crippen LogP contribution in [0.4, 0.5) is 5.82 Å². The Hall–Kier alpha value is -0.910. The number of nitrogens with two attached hydrogens (primary N) is 1. The summed E-state index contributed by atoms with van der Waals surface area (Å²) in [5.74, 6) is 0.142. The minimum atomic E-state index is -0.566. The van der Waals surface area contributed by atoms with Gasteiger partial charge in [-0.25, -0.2) is 9.97 Å². The molecule has 7 heteroatoms. The monoisotopic (exact) mass is 288 g/mol. The first kappa shape index (κ1) is 13.5. The Bertz CT molecular complexity index is 462. The predicted octanol–water partition coefficient (Wildman–Crippen LogP) is 2.24. The zero-order valence-electron chi connectivity index (χ0n) is 9.91. The number of hydrogen-bond acceptors (Lipinski definition) is 4. The lowest BCUT2D eigenvalue weighted by atomic mass is 9.84. The van der Waals surface area contributed by atoms with Gasteiger partial charge < -0.3 is 11.1 Å². The second-order valence-electron chi connectivity index (χ2n) is 4.72. The molecule has 1 saturated carbocycles. The van der Waals surface area contributed by atoms with Gasteiger partial charge in [0.15, 0.2) is 0 Å². The number of carbonyl (C=O) groups excluding carboxylic acids is 1. The van der Waals surface area contributed by atoms with Gasteiger partial charge in [-0.15, -0.1) is 0 Å². The van der Waals surface area contributed by atoms with Gasteiger partial charge in [0.05, 0.1) is 5.41 Å². The first-order valence-electron chi connectivity index (χ1n) is 5.69. The molecule has 0 aromatic carbocycles. The number of carbonyl (C=O) groups is 1. The highest BCUT2D eigenvalue weighted by atomic mass is 35.5. The Morgan fingerprint density at radius 2 is 2.28 bits per heavy atom. The molecule has 0 bridgehead atoms. The standard InChI is InChI=1S/C11H14Cl2N4O/c1-11(4-2-3-6(11)14)9(18)16-8-5-7(12)15-10(13)17-8/h5-6H,2-4,14H2,1H3,(H,15,16,17,18). The summed E-state index contributed by atoms with van der Waals surface area (Å²) in [5, 5.41) is 2.88. The van der Waals surface area contributed by atoms with Gasteiger partial charge in [0, 0.05) is 12.1 Å². The maximum Gasteiger partial charge on any atom is 0.233 e. The first-order valence-corrected chi connectivity index (χ1v) is 6.44. The van der Waals surface area contributed by atoms with E-state index in [0.717, 1.165) is 19.3 Å². The van der Waals surface area contributed by atoms with Gasteiger partial charge >= 0.3 is 0 Å². The van der Waals surface area contributed by atoms with Gasteiger partial charge in [-0.2, -0.15) is 0 Å². The fourth-order valence-electron chi connectivity index (χ4n) is 2.19. The van der Waals surface area contributed by atoms with Crippen LogP contribution in [0.1, 0.15) is 26.2 Å². The summed E-state index contributed by atoms with van der Waals surface area (Å²) >= 11 is 11.4. The number of anilines is 1. The third-order valence-corrected chi connectivity index (χ3v) is 3.82. The van der Waals surface area contributed by atoms with Crippen LogP contribution in [0.2, 0.25) is 10.4 Å². The van der Waals surface area contributed by atoms with E-state index in [0.29, 0.717) is 5.82 Å². The number of nitrogens with one attached hydrogen (secondary N) is 1. The van der Waals surface area contributed by atoms with Crippen molar-refractivity contribution >= 4 is 34.9 Å². The van der Waals surface area contributed by atoms with E-state index in [9.17, 15) is 4.79 Å². The van der Waals surface area contributed by atoms with E-state index in [1.165, 1.54) is 6.07 Å². The normalized spacial score (nSPS) is 27.2. The fraction of sp³-hybridized carbons (Fsp3) is 0.545. The van der Waals surface area contributed by atoms with Crippen molar-refractivity contribution in [2.45, 2.75) is 32.2 Å². The molecule has 1 heterocycles. The lowest BCUT2D eigenvalue weighted by Gasteiger charge is -2.27. The molecule has 0 radical (unpaired) electrons. The molecule has 5 nitrogen and oxygen atoms in total. The van der Waals surface area contributed by atoms with E-state index in [2.05, 4.69) is 15.3 Å². The van der Waals surface area contributed by atoms with E-state index in [1.54, 1.807) is 0 Å². The maximum absolute atomic E-state index is 12.2. The van der Waals surface area contributed by atoms with Crippen LogP contribution in [0.25, 0.3) is 0 Å². The molecule has 18 heavy (non-hydrogen) atoms. The molecule has 2 atom stereocenters. The average molecular weight is 289 g/mol. The zero-order valence-corrected chi connectivity index (χ0v) is 11.4. The van der Waals surface area contributed by atoms with Crippen molar-refractivity contribution in [1.82, 2.24) is 9.97 Å². The fourth-order valence-corrected chi connectivity index (χ4v) is 2.60. The summed E-state index contributed by atoms with van der Waals surface area (Å²) in [7, 11) is 0. The van der Waals surface area contributed by atoms with Crippen LogP contribution in [0, 0.1) is 5.41 Å². The summed E-state index contributed by atoms with van der Waals surface area (Å²) in [6, 6.07) is 1.32. The topological polar surface area (TPSA) is 80.9 Å². The number of hydrogen-bond donors (Lipinski definition) is 2. The second-order valence-corrected chi connectivity index (χ2v) is 5.44. The molecule has 0 spiro atoms. The van der Waals surface area contributed by atoms with Crippen LogP contribution >= 0.6 is 23.2 Å². The molecule has 1 aliphatic carbocycles. The summed E-state index contributed by atoms with van der Waals surface area (Å²) in [6.07, 6.45) is 2.58. The lowest BCUT2D eigenvalue weighted by Crippen LogP contribution is -2.44. The quantitative estimate of drug-likeness (QED) is 0.646. The second kappa shape index (κ2) is 4.99. The Kier molecular flexibility index (Phi) is 3.75. The van der Waals surface area contributed by atoms with Crippen LogP contribution < -0.4 is 11.1 Å². The summed E-state index contributed by atoms with van der Waals surface area (Å²) in [5.41, 5.74) is 5.42. The van der Waals surface area contributed by atoms with Gasteiger partial charge in [0.25, 0.3) is 0 Å². The highest BCUT2D eigenvalue weighted by molar-refractivity contribution is 6.32. The third-order valence-electron chi connectivity index (χ3n) is 3.46. The number of rotatable bonds is 2. The summed E-state index contributed by atoms with van der Waals surface area (Å²) in [6.45, 7) is 1.87. The molecule has 1 fully saturated rings. The Balaban J connectivity index is 2.16. The Labute approximate surface area is 115 Å². The summed E-state index contributed by atoms with van der Waals surface area (Å²) in [4.78, 5) is 19.8. The predicted molar refractivity (Wildman–Crippen MR) is 70.6 cm³/mol. The Morgan fingerprint density at radius 1 is 1.56 bits per heavy atom. The zero-order chi connectivity index (χ0) is 13.3. The summed E-state index contributed by atoms with van der Waals surface area (Å²) < 4.78 is 0. The average Bonchev–Trinajstić information content (AvgIpc) is 2.59. The van der Waals surface area contributed by atoms with E-state index in [4.69, 9.17) is 28.9 Å². The van der Waals surface area contributed by atoms with Crippen LogP contribution in [0.15, 0.2) is 6.07 Å². The number of amides is 1. The van der Waals surface area contributed by atoms with Gasteiger partial charge in [-0.3, -0.25) is 4.79 Å². The molecule has 1 aliphatic rings. The van der Waals surface area contributed by atoms with Gasteiger partial charge in [-0.1, -0.05) is 18.0 Å². The van der Waals surface area contributed by atoms with Gasteiger partial charge in [0.1, 0.15) is 11.0 Å². The molecule has 2 rings (SSSR count). The van der Waals surface area contributed by atoms with Crippen LogP contribution in [0.5, 0.6) is 0 Å². The van der Waals surface area contributed by atoms with Crippen molar-refractivity contribution < 1.29 is 4.79 Å². The highest BCUT2D eigenvalue weighted by Crippen LogP contribution is 2.37. The van der Waals surface area contributed by atoms with Crippen molar-refractivity contribution in [3.05, 3.63) is 16.5 Å². The molecule has 1 aromatic rings. The van der Waals surface area contributed by atoms with Crippen LogP contribution in [-0.4, -0.2) is 21.9 Å². The molecule has 3 N–H and O–H groups in total. The highest BCUT2D eigenvalue weighted by Gasteiger charge is 2.43. The molecule has 1 amide bonds. The van der Waals surface area contributed by atoms with Gasteiger partial charge in [0.2, 0.25) is 11.2 Å². The number of nitrogens with zero attached hydrogens (tertiary/aromatic N) is 2. The molecule has 1 aromatic heterocycles. The van der Waals surface area contributed by atoms with Crippen molar-refractivity contribution in [2.24, 2.45) is 11.1 Å².